The van der Waals surface area contributed by atoms with Gasteiger partial charge in [0, 0.05) is 14.3 Å². The van der Waals surface area contributed by atoms with Crippen LogP contribution >= 0.6 is 43.5 Å². The molecule has 0 radical (unpaired) electrons. The summed E-state index contributed by atoms with van der Waals surface area (Å²) in [5.41, 5.74) is 2.49. The highest BCUT2D eigenvalue weighted by molar-refractivity contribution is 9.10. The SMILES string of the molecule is Clc1cccc(Br)c1CCC(Br)c1ccccc1. The number of alkyl halides is 1. The standard InChI is InChI=1S/C15H13Br2Cl/c16-13(11-5-2-1-3-6-11)10-9-12-14(17)7-4-8-15(12)18/h1-8,13H,9-10H2. The number of halogens is 3. The minimum Gasteiger partial charge on any atom is -0.0840 e. The Labute approximate surface area is 130 Å². The van der Waals surface area contributed by atoms with Crippen molar-refractivity contribution in [3.63, 3.8) is 0 Å². The van der Waals surface area contributed by atoms with Gasteiger partial charge in [0.05, 0.1) is 0 Å². The highest BCUT2D eigenvalue weighted by Gasteiger charge is 2.10. The summed E-state index contributed by atoms with van der Waals surface area (Å²) in [5, 5.41) is 0.831. The molecule has 0 amide bonds. The van der Waals surface area contributed by atoms with Gasteiger partial charge in [0.1, 0.15) is 0 Å². The minimum absolute atomic E-state index is 0.363. The summed E-state index contributed by atoms with van der Waals surface area (Å²) in [6.07, 6.45) is 1.97. The molecular weight excluding hydrogens is 375 g/mol. The van der Waals surface area contributed by atoms with Gasteiger partial charge < -0.3 is 0 Å². The molecule has 3 heteroatoms. The summed E-state index contributed by atoms with van der Waals surface area (Å²) in [6.45, 7) is 0. The van der Waals surface area contributed by atoms with Crippen LogP contribution in [0.5, 0.6) is 0 Å². The van der Waals surface area contributed by atoms with E-state index < -0.39 is 0 Å². The van der Waals surface area contributed by atoms with Crippen LogP contribution in [-0.4, -0.2) is 0 Å². The Hall–Kier alpha value is -0.310. The summed E-state index contributed by atoms with van der Waals surface area (Å²) in [6, 6.07) is 16.4. The molecule has 0 aromatic heterocycles. The summed E-state index contributed by atoms with van der Waals surface area (Å²) in [5.74, 6) is 0. The van der Waals surface area contributed by atoms with Crippen molar-refractivity contribution >= 4 is 43.5 Å². The normalized spacial score (nSPS) is 12.4. The van der Waals surface area contributed by atoms with E-state index in [-0.39, 0.29) is 0 Å². The Kier molecular flexibility index (Phi) is 5.28. The van der Waals surface area contributed by atoms with Gasteiger partial charge in [-0.25, -0.2) is 0 Å². The van der Waals surface area contributed by atoms with Crippen molar-refractivity contribution in [3.05, 3.63) is 69.2 Å². The zero-order valence-electron chi connectivity index (χ0n) is 9.74. The molecule has 2 aromatic rings. The molecule has 2 aromatic carbocycles. The van der Waals surface area contributed by atoms with Crippen LogP contribution in [0.25, 0.3) is 0 Å². The van der Waals surface area contributed by atoms with Gasteiger partial charge in [-0.1, -0.05) is 79.9 Å². The smallest absolute Gasteiger partial charge is 0.0449 e. The van der Waals surface area contributed by atoms with Crippen molar-refractivity contribution in [2.45, 2.75) is 17.7 Å². The number of hydrogen-bond donors (Lipinski definition) is 0. The molecule has 2 rings (SSSR count). The van der Waals surface area contributed by atoms with Crippen molar-refractivity contribution in [2.24, 2.45) is 0 Å². The molecule has 0 bridgehead atoms. The Morgan fingerprint density at radius 1 is 1.00 bits per heavy atom. The minimum atomic E-state index is 0.363. The van der Waals surface area contributed by atoms with E-state index in [2.05, 4.69) is 56.1 Å². The van der Waals surface area contributed by atoms with Crippen LogP contribution in [0.1, 0.15) is 22.4 Å². The lowest BCUT2D eigenvalue weighted by Gasteiger charge is -2.12. The summed E-state index contributed by atoms with van der Waals surface area (Å²) in [7, 11) is 0. The third kappa shape index (κ3) is 3.59. The van der Waals surface area contributed by atoms with Crippen LogP contribution in [-0.2, 0) is 6.42 Å². The molecule has 0 aliphatic carbocycles. The lowest BCUT2D eigenvalue weighted by atomic mass is 10.0. The highest BCUT2D eigenvalue weighted by Crippen LogP contribution is 2.32. The van der Waals surface area contributed by atoms with Crippen LogP contribution in [0, 0.1) is 0 Å². The van der Waals surface area contributed by atoms with Crippen LogP contribution in [0.3, 0.4) is 0 Å². The average Bonchev–Trinajstić information content (AvgIpc) is 2.39. The van der Waals surface area contributed by atoms with Gasteiger partial charge in [-0.2, -0.15) is 0 Å². The van der Waals surface area contributed by atoms with Gasteiger partial charge in [-0.15, -0.1) is 0 Å². The number of hydrogen-bond acceptors (Lipinski definition) is 0. The zero-order valence-corrected chi connectivity index (χ0v) is 13.7. The fraction of sp³-hybridized carbons (Fsp3) is 0.200. The topological polar surface area (TPSA) is 0 Å². The van der Waals surface area contributed by atoms with Gasteiger partial charge in [0.15, 0.2) is 0 Å². The predicted molar refractivity (Wildman–Crippen MR) is 85.6 cm³/mol. The van der Waals surface area contributed by atoms with Crippen molar-refractivity contribution in [2.75, 3.05) is 0 Å². The monoisotopic (exact) mass is 386 g/mol. The quantitative estimate of drug-likeness (QED) is 0.549. The molecule has 1 unspecified atom stereocenters. The van der Waals surface area contributed by atoms with Crippen LogP contribution in [0.2, 0.25) is 5.02 Å². The Bertz CT molecular complexity index is 491. The van der Waals surface area contributed by atoms with Crippen LogP contribution < -0.4 is 0 Å². The summed E-state index contributed by atoms with van der Waals surface area (Å²) < 4.78 is 1.09. The molecule has 1 atom stereocenters. The number of benzene rings is 2. The van der Waals surface area contributed by atoms with Crippen LogP contribution in [0.15, 0.2) is 53.0 Å². The van der Waals surface area contributed by atoms with E-state index in [0.29, 0.717) is 4.83 Å². The number of rotatable bonds is 4. The Balaban J connectivity index is 2.04. The highest BCUT2D eigenvalue weighted by atomic mass is 79.9. The Morgan fingerprint density at radius 3 is 2.39 bits per heavy atom. The Morgan fingerprint density at radius 2 is 1.72 bits per heavy atom. The molecule has 0 fully saturated rings. The largest absolute Gasteiger partial charge is 0.0840 e. The molecule has 94 valence electrons. The van der Waals surface area contributed by atoms with Gasteiger partial charge in [-0.05, 0) is 36.1 Å². The van der Waals surface area contributed by atoms with E-state index in [1.807, 2.05) is 24.3 Å². The van der Waals surface area contributed by atoms with E-state index in [4.69, 9.17) is 11.6 Å². The van der Waals surface area contributed by atoms with Gasteiger partial charge in [0.25, 0.3) is 0 Å². The van der Waals surface area contributed by atoms with Gasteiger partial charge >= 0.3 is 0 Å². The fourth-order valence-electron chi connectivity index (χ4n) is 1.87. The van der Waals surface area contributed by atoms with Crippen molar-refractivity contribution in [1.82, 2.24) is 0 Å². The van der Waals surface area contributed by atoms with Crippen molar-refractivity contribution < 1.29 is 0 Å². The molecular formula is C15H13Br2Cl. The van der Waals surface area contributed by atoms with E-state index in [1.54, 1.807) is 0 Å². The molecule has 0 nitrogen and oxygen atoms in total. The van der Waals surface area contributed by atoms with Gasteiger partial charge in [-0.3, -0.25) is 0 Å². The summed E-state index contributed by atoms with van der Waals surface area (Å²) in [4.78, 5) is 0.363. The molecule has 0 heterocycles. The zero-order chi connectivity index (χ0) is 13.0. The third-order valence-corrected chi connectivity index (χ3v) is 4.95. The predicted octanol–water partition coefficient (Wildman–Crippen LogP) is 6.17. The van der Waals surface area contributed by atoms with Gasteiger partial charge in [0.2, 0.25) is 0 Å². The first-order chi connectivity index (χ1) is 8.68. The molecule has 0 N–H and O–H groups in total. The molecule has 0 saturated carbocycles. The second-order valence-electron chi connectivity index (χ2n) is 4.12. The summed E-state index contributed by atoms with van der Waals surface area (Å²) >= 11 is 13.5. The van der Waals surface area contributed by atoms with Crippen molar-refractivity contribution in [3.8, 4) is 0 Å². The molecule has 0 saturated heterocycles. The first-order valence-corrected chi connectivity index (χ1v) is 7.89. The molecule has 0 aliphatic heterocycles. The second-order valence-corrected chi connectivity index (χ2v) is 6.48. The van der Waals surface area contributed by atoms with E-state index >= 15 is 0 Å². The molecule has 0 spiro atoms. The fourth-order valence-corrected chi connectivity index (χ4v) is 3.35. The van der Waals surface area contributed by atoms with E-state index in [1.165, 1.54) is 11.1 Å². The van der Waals surface area contributed by atoms with Crippen molar-refractivity contribution in [1.29, 1.82) is 0 Å². The molecule has 0 aliphatic rings. The lowest BCUT2D eigenvalue weighted by Crippen LogP contribution is -1.95. The van der Waals surface area contributed by atoms with E-state index in [0.717, 1.165) is 22.3 Å². The second kappa shape index (κ2) is 6.74. The maximum Gasteiger partial charge on any atom is 0.0449 e. The molecule has 18 heavy (non-hydrogen) atoms. The maximum atomic E-state index is 6.21. The first kappa shape index (κ1) is 14.1. The average molecular weight is 389 g/mol. The third-order valence-electron chi connectivity index (χ3n) is 2.87. The maximum absolute atomic E-state index is 6.21. The van der Waals surface area contributed by atoms with Crippen LogP contribution in [0.4, 0.5) is 0 Å². The lowest BCUT2D eigenvalue weighted by molar-refractivity contribution is 0.811. The first-order valence-electron chi connectivity index (χ1n) is 5.80. The van der Waals surface area contributed by atoms with E-state index in [9.17, 15) is 0 Å².